The predicted molar refractivity (Wildman–Crippen MR) is 106 cm³/mol. The smallest absolute Gasteiger partial charge is 0.233 e. The highest BCUT2D eigenvalue weighted by Crippen LogP contribution is 2.23. The second kappa shape index (κ2) is 9.35. The molecule has 2 heterocycles. The molecule has 0 unspecified atom stereocenters. The first-order valence-electron chi connectivity index (χ1n) is 9.78. The van der Waals surface area contributed by atoms with E-state index in [1.807, 2.05) is 47.4 Å². The number of carbonyl (C=O) groups excluding carboxylic acids is 1. The monoisotopic (exact) mass is 368 g/mol. The van der Waals surface area contributed by atoms with Gasteiger partial charge in [0, 0.05) is 32.2 Å². The first-order chi connectivity index (χ1) is 13.2. The van der Waals surface area contributed by atoms with Crippen LogP contribution in [0.2, 0.25) is 0 Å². The molecule has 1 amide bonds. The van der Waals surface area contributed by atoms with Crippen LogP contribution in [-0.2, 0) is 4.79 Å². The molecule has 1 atom stereocenters. The number of anilines is 1. The number of ether oxygens (including phenoxy) is 1. The van der Waals surface area contributed by atoms with Crippen molar-refractivity contribution < 1.29 is 9.53 Å². The molecule has 0 spiro atoms. The summed E-state index contributed by atoms with van der Waals surface area (Å²) in [6.07, 6.45) is 1.76. The van der Waals surface area contributed by atoms with Crippen molar-refractivity contribution in [2.24, 2.45) is 0 Å². The number of piperazine rings is 1. The van der Waals surface area contributed by atoms with E-state index in [2.05, 4.69) is 28.9 Å². The minimum atomic E-state index is -0.0625. The number of amides is 1. The van der Waals surface area contributed by atoms with Crippen LogP contribution in [0.1, 0.15) is 38.2 Å². The summed E-state index contributed by atoms with van der Waals surface area (Å²) in [5.41, 5.74) is 1.10. The highest BCUT2D eigenvalue weighted by molar-refractivity contribution is 5.84. The van der Waals surface area contributed by atoms with Crippen molar-refractivity contribution in [3.63, 3.8) is 0 Å². The van der Waals surface area contributed by atoms with Crippen LogP contribution in [0.4, 0.5) is 5.82 Å². The lowest BCUT2D eigenvalue weighted by molar-refractivity contribution is -0.133. The molecule has 0 radical (unpaired) electrons. The summed E-state index contributed by atoms with van der Waals surface area (Å²) in [5, 5.41) is 8.40. The molecule has 1 aliphatic heterocycles. The minimum absolute atomic E-state index is 0.0625. The number of aromatic nitrogens is 2. The van der Waals surface area contributed by atoms with Crippen molar-refractivity contribution in [2.75, 3.05) is 37.7 Å². The molecule has 1 aromatic heterocycles. The van der Waals surface area contributed by atoms with Crippen molar-refractivity contribution in [1.82, 2.24) is 15.1 Å². The van der Waals surface area contributed by atoms with Gasteiger partial charge in [0.1, 0.15) is 0 Å². The fraction of sp³-hybridized carbons (Fsp3) is 0.476. The van der Waals surface area contributed by atoms with Crippen LogP contribution in [0.25, 0.3) is 0 Å². The average Bonchev–Trinajstić information content (AvgIpc) is 2.74. The van der Waals surface area contributed by atoms with Gasteiger partial charge in [-0.2, -0.15) is 0 Å². The van der Waals surface area contributed by atoms with Gasteiger partial charge in [-0.25, -0.2) is 0 Å². The van der Waals surface area contributed by atoms with Crippen LogP contribution in [0.15, 0.2) is 42.5 Å². The topological polar surface area (TPSA) is 58.6 Å². The number of rotatable bonds is 7. The summed E-state index contributed by atoms with van der Waals surface area (Å²) in [7, 11) is 0. The molecule has 2 aromatic rings. The van der Waals surface area contributed by atoms with Crippen LogP contribution in [-0.4, -0.2) is 53.8 Å². The second-order valence-electron chi connectivity index (χ2n) is 6.76. The van der Waals surface area contributed by atoms with Gasteiger partial charge >= 0.3 is 0 Å². The zero-order valence-electron chi connectivity index (χ0n) is 16.2. The lowest BCUT2D eigenvalue weighted by Crippen LogP contribution is -2.50. The standard InChI is InChI=1S/C21H28N4O2/c1-3-16-27-20-11-10-19(22-23-20)24-12-14-25(15-13-24)21(26)18(4-2)17-8-6-5-7-9-17/h5-11,18H,3-4,12-16H2,1-2H3/t18-/m1/s1. The molecular formula is C21H28N4O2. The maximum Gasteiger partial charge on any atom is 0.233 e. The van der Waals surface area contributed by atoms with Gasteiger partial charge in [-0.1, -0.05) is 44.2 Å². The van der Waals surface area contributed by atoms with Crippen LogP contribution in [0.5, 0.6) is 5.88 Å². The molecule has 0 aliphatic carbocycles. The van der Waals surface area contributed by atoms with Crippen molar-refractivity contribution in [3.05, 3.63) is 48.0 Å². The van der Waals surface area contributed by atoms with E-state index in [1.54, 1.807) is 0 Å². The molecule has 0 saturated carbocycles. The van der Waals surface area contributed by atoms with Gasteiger partial charge in [0.15, 0.2) is 5.82 Å². The first-order valence-corrected chi connectivity index (χ1v) is 9.78. The molecule has 27 heavy (non-hydrogen) atoms. The summed E-state index contributed by atoms with van der Waals surface area (Å²) in [5.74, 6) is 1.55. The van der Waals surface area contributed by atoms with E-state index in [0.29, 0.717) is 25.6 Å². The van der Waals surface area contributed by atoms with Crippen LogP contribution in [0.3, 0.4) is 0 Å². The Hall–Kier alpha value is -2.63. The summed E-state index contributed by atoms with van der Waals surface area (Å²) in [6.45, 7) is 7.72. The lowest BCUT2D eigenvalue weighted by atomic mass is 9.95. The van der Waals surface area contributed by atoms with E-state index in [4.69, 9.17) is 4.74 Å². The van der Waals surface area contributed by atoms with Gasteiger partial charge in [-0.05, 0) is 24.5 Å². The van der Waals surface area contributed by atoms with Gasteiger partial charge in [0.25, 0.3) is 0 Å². The van der Waals surface area contributed by atoms with E-state index in [-0.39, 0.29) is 11.8 Å². The zero-order valence-corrected chi connectivity index (χ0v) is 16.2. The third-order valence-electron chi connectivity index (χ3n) is 4.90. The van der Waals surface area contributed by atoms with Crippen LogP contribution >= 0.6 is 0 Å². The lowest BCUT2D eigenvalue weighted by Gasteiger charge is -2.36. The highest BCUT2D eigenvalue weighted by atomic mass is 16.5. The zero-order chi connectivity index (χ0) is 19.1. The third kappa shape index (κ3) is 4.76. The molecule has 6 nitrogen and oxygen atoms in total. The third-order valence-corrected chi connectivity index (χ3v) is 4.90. The minimum Gasteiger partial charge on any atom is -0.477 e. The maximum absolute atomic E-state index is 13.0. The maximum atomic E-state index is 13.0. The molecule has 1 aliphatic rings. The highest BCUT2D eigenvalue weighted by Gasteiger charge is 2.27. The molecule has 1 aromatic carbocycles. The van der Waals surface area contributed by atoms with Gasteiger partial charge in [-0.15, -0.1) is 10.2 Å². The molecule has 0 bridgehead atoms. The van der Waals surface area contributed by atoms with Crippen molar-refractivity contribution in [2.45, 2.75) is 32.6 Å². The van der Waals surface area contributed by atoms with E-state index in [0.717, 1.165) is 37.3 Å². The summed E-state index contributed by atoms with van der Waals surface area (Å²) >= 11 is 0. The number of hydrogen-bond donors (Lipinski definition) is 0. The predicted octanol–water partition coefficient (Wildman–Crippen LogP) is 3.11. The molecule has 144 valence electrons. The Balaban J connectivity index is 1.57. The van der Waals surface area contributed by atoms with Crippen LogP contribution in [0, 0.1) is 0 Å². The van der Waals surface area contributed by atoms with Gasteiger partial charge in [0.05, 0.1) is 12.5 Å². The average molecular weight is 368 g/mol. The molecule has 6 heteroatoms. The first kappa shape index (κ1) is 19.1. The SMILES string of the molecule is CCCOc1ccc(N2CCN(C(=O)[C@H](CC)c3ccccc3)CC2)nn1. The summed E-state index contributed by atoms with van der Waals surface area (Å²) < 4.78 is 5.48. The van der Waals surface area contributed by atoms with Gasteiger partial charge < -0.3 is 14.5 Å². The molecule has 1 fully saturated rings. The molecule has 3 rings (SSSR count). The van der Waals surface area contributed by atoms with Gasteiger partial charge in [0.2, 0.25) is 11.8 Å². The Morgan fingerprint density at radius 1 is 1.04 bits per heavy atom. The Morgan fingerprint density at radius 2 is 1.78 bits per heavy atom. The number of nitrogens with zero attached hydrogens (tertiary/aromatic N) is 4. The summed E-state index contributed by atoms with van der Waals surface area (Å²) in [6, 6.07) is 13.9. The number of carbonyl (C=O) groups is 1. The summed E-state index contributed by atoms with van der Waals surface area (Å²) in [4.78, 5) is 17.1. The Bertz CT molecular complexity index is 713. The van der Waals surface area contributed by atoms with Crippen molar-refractivity contribution >= 4 is 11.7 Å². The quantitative estimate of drug-likeness (QED) is 0.752. The van der Waals surface area contributed by atoms with Crippen molar-refractivity contribution in [3.8, 4) is 5.88 Å². The fourth-order valence-electron chi connectivity index (χ4n) is 3.38. The van der Waals surface area contributed by atoms with E-state index < -0.39 is 0 Å². The fourth-order valence-corrected chi connectivity index (χ4v) is 3.38. The normalized spacial score (nSPS) is 15.5. The van der Waals surface area contributed by atoms with Crippen molar-refractivity contribution in [1.29, 1.82) is 0 Å². The van der Waals surface area contributed by atoms with E-state index in [1.165, 1.54) is 0 Å². The molecule has 1 saturated heterocycles. The number of benzene rings is 1. The van der Waals surface area contributed by atoms with Gasteiger partial charge in [-0.3, -0.25) is 4.79 Å². The number of hydrogen-bond acceptors (Lipinski definition) is 5. The second-order valence-corrected chi connectivity index (χ2v) is 6.76. The van der Waals surface area contributed by atoms with E-state index >= 15 is 0 Å². The Morgan fingerprint density at radius 3 is 2.37 bits per heavy atom. The Labute approximate surface area is 161 Å². The largest absolute Gasteiger partial charge is 0.477 e. The molecular weight excluding hydrogens is 340 g/mol. The van der Waals surface area contributed by atoms with E-state index in [9.17, 15) is 4.79 Å². The van der Waals surface area contributed by atoms with Crippen LogP contribution < -0.4 is 9.64 Å². The molecule has 0 N–H and O–H groups in total. The Kier molecular flexibility index (Phi) is 6.63.